The van der Waals surface area contributed by atoms with Crippen LogP contribution < -0.4 is 10.2 Å². The standard InChI is InChI=1S/C17H16BrN3O4/c18-15-11-13(3-6-16(15)20-7-9-25-10-8-20)19-17(22)12-1-4-14(5-2-12)21(23)24/h1-6,11H,7-10H2,(H,19,22). The van der Waals surface area contributed by atoms with Gasteiger partial charge in [-0.05, 0) is 46.3 Å². The first-order valence-corrected chi connectivity index (χ1v) is 8.52. The Morgan fingerprint density at radius 2 is 1.84 bits per heavy atom. The summed E-state index contributed by atoms with van der Waals surface area (Å²) in [7, 11) is 0. The first-order valence-electron chi connectivity index (χ1n) is 7.72. The zero-order valence-electron chi connectivity index (χ0n) is 13.3. The molecule has 0 aliphatic carbocycles. The van der Waals surface area contributed by atoms with E-state index in [1.165, 1.54) is 24.3 Å². The number of rotatable bonds is 4. The third-order valence-electron chi connectivity index (χ3n) is 3.90. The van der Waals surface area contributed by atoms with Gasteiger partial charge < -0.3 is 15.0 Å². The summed E-state index contributed by atoms with van der Waals surface area (Å²) in [6, 6.07) is 11.1. The number of carbonyl (C=O) groups excluding carboxylic acids is 1. The molecule has 0 atom stereocenters. The highest BCUT2D eigenvalue weighted by atomic mass is 79.9. The second-order valence-corrected chi connectivity index (χ2v) is 6.38. The number of nitrogens with one attached hydrogen (secondary N) is 1. The number of hydrogen-bond acceptors (Lipinski definition) is 5. The number of amides is 1. The lowest BCUT2D eigenvalue weighted by Crippen LogP contribution is -2.36. The number of anilines is 2. The van der Waals surface area contributed by atoms with Crippen LogP contribution in [0.5, 0.6) is 0 Å². The molecule has 7 nitrogen and oxygen atoms in total. The van der Waals surface area contributed by atoms with Crippen LogP contribution in [0.15, 0.2) is 46.9 Å². The summed E-state index contributed by atoms with van der Waals surface area (Å²) in [6.07, 6.45) is 0. The Morgan fingerprint density at radius 3 is 2.44 bits per heavy atom. The lowest BCUT2D eigenvalue weighted by molar-refractivity contribution is -0.384. The zero-order chi connectivity index (χ0) is 17.8. The SMILES string of the molecule is O=C(Nc1ccc(N2CCOCC2)c(Br)c1)c1ccc([N+](=O)[O-])cc1. The molecule has 1 N–H and O–H groups in total. The number of halogens is 1. The molecule has 8 heteroatoms. The van der Waals surface area contributed by atoms with Crippen molar-refractivity contribution < 1.29 is 14.5 Å². The highest BCUT2D eigenvalue weighted by Crippen LogP contribution is 2.30. The van der Waals surface area contributed by atoms with Gasteiger partial charge >= 0.3 is 0 Å². The quantitative estimate of drug-likeness (QED) is 0.621. The highest BCUT2D eigenvalue weighted by Gasteiger charge is 2.15. The number of morpholine rings is 1. The fraction of sp³-hybridized carbons (Fsp3) is 0.235. The van der Waals surface area contributed by atoms with Crippen molar-refractivity contribution in [3.05, 3.63) is 62.6 Å². The van der Waals surface area contributed by atoms with Crippen molar-refractivity contribution in [1.82, 2.24) is 0 Å². The van der Waals surface area contributed by atoms with E-state index >= 15 is 0 Å². The Hall–Kier alpha value is -2.45. The number of nitrogens with zero attached hydrogens (tertiary/aromatic N) is 2. The molecule has 2 aromatic rings. The van der Waals surface area contributed by atoms with Gasteiger partial charge in [-0.2, -0.15) is 0 Å². The normalized spacial score (nSPS) is 14.2. The van der Waals surface area contributed by atoms with Crippen molar-refractivity contribution in [2.75, 3.05) is 36.5 Å². The first-order chi connectivity index (χ1) is 12.0. The Morgan fingerprint density at radius 1 is 1.16 bits per heavy atom. The molecule has 25 heavy (non-hydrogen) atoms. The number of carbonyl (C=O) groups is 1. The number of benzene rings is 2. The summed E-state index contributed by atoms with van der Waals surface area (Å²) < 4.78 is 6.24. The Kier molecular flexibility index (Phi) is 5.30. The van der Waals surface area contributed by atoms with E-state index in [1.807, 2.05) is 18.2 Å². The molecule has 0 aromatic heterocycles. The Bertz CT molecular complexity index is 789. The average molecular weight is 406 g/mol. The van der Waals surface area contributed by atoms with Crippen molar-refractivity contribution in [3.8, 4) is 0 Å². The predicted octanol–water partition coefficient (Wildman–Crippen LogP) is 3.45. The molecule has 0 saturated carbocycles. The van der Waals surface area contributed by atoms with Gasteiger partial charge in [-0.3, -0.25) is 14.9 Å². The van der Waals surface area contributed by atoms with Crippen LogP contribution in [0, 0.1) is 10.1 Å². The Balaban J connectivity index is 1.70. The van der Waals surface area contributed by atoms with Crippen LogP contribution in [-0.4, -0.2) is 37.1 Å². The number of non-ortho nitro benzene ring substituents is 1. The maximum atomic E-state index is 12.3. The molecule has 130 valence electrons. The molecule has 1 aliphatic rings. The third-order valence-corrected chi connectivity index (χ3v) is 4.53. The molecule has 0 unspecified atom stereocenters. The van der Waals surface area contributed by atoms with Crippen molar-refractivity contribution in [2.45, 2.75) is 0 Å². The summed E-state index contributed by atoms with van der Waals surface area (Å²) in [5, 5.41) is 13.5. The fourth-order valence-electron chi connectivity index (χ4n) is 2.58. The smallest absolute Gasteiger partial charge is 0.269 e. The van der Waals surface area contributed by atoms with Crippen molar-refractivity contribution in [2.24, 2.45) is 0 Å². The van der Waals surface area contributed by atoms with Gasteiger partial charge in [0.1, 0.15) is 0 Å². The van der Waals surface area contributed by atoms with E-state index in [1.54, 1.807) is 0 Å². The van der Waals surface area contributed by atoms with Gasteiger partial charge in [-0.25, -0.2) is 0 Å². The molecule has 0 radical (unpaired) electrons. The average Bonchev–Trinajstić information content (AvgIpc) is 2.62. The summed E-state index contributed by atoms with van der Waals surface area (Å²) in [5.41, 5.74) is 2.01. The number of nitro benzene ring substituents is 1. The first kappa shape index (κ1) is 17.4. The molecule has 1 saturated heterocycles. The largest absolute Gasteiger partial charge is 0.378 e. The molecule has 2 aromatic carbocycles. The highest BCUT2D eigenvalue weighted by molar-refractivity contribution is 9.10. The maximum Gasteiger partial charge on any atom is 0.269 e. The van der Waals surface area contributed by atoms with Gasteiger partial charge in [0.2, 0.25) is 0 Å². The van der Waals surface area contributed by atoms with Crippen LogP contribution >= 0.6 is 15.9 Å². The Labute approximate surface area is 152 Å². The lowest BCUT2D eigenvalue weighted by Gasteiger charge is -2.29. The topological polar surface area (TPSA) is 84.7 Å². The summed E-state index contributed by atoms with van der Waals surface area (Å²) in [6.45, 7) is 3.05. The van der Waals surface area contributed by atoms with Gasteiger partial charge in [-0.1, -0.05) is 0 Å². The molecule has 1 aliphatic heterocycles. The van der Waals surface area contributed by atoms with Crippen LogP contribution in [0.25, 0.3) is 0 Å². The van der Waals surface area contributed by atoms with Crippen LogP contribution in [0.3, 0.4) is 0 Å². The molecule has 1 amide bonds. The minimum Gasteiger partial charge on any atom is -0.378 e. The van der Waals surface area contributed by atoms with Crippen LogP contribution in [0.4, 0.5) is 17.1 Å². The fourth-order valence-corrected chi connectivity index (χ4v) is 3.21. The minimum absolute atomic E-state index is 0.0471. The number of hydrogen-bond donors (Lipinski definition) is 1. The van der Waals surface area contributed by atoms with E-state index in [4.69, 9.17) is 4.74 Å². The van der Waals surface area contributed by atoms with Crippen LogP contribution in [-0.2, 0) is 4.74 Å². The van der Waals surface area contributed by atoms with Crippen LogP contribution in [0.2, 0.25) is 0 Å². The summed E-state index contributed by atoms with van der Waals surface area (Å²) in [5.74, 6) is -0.319. The van der Waals surface area contributed by atoms with E-state index < -0.39 is 4.92 Å². The number of nitro groups is 1. The zero-order valence-corrected chi connectivity index (χ0v) is 14.9. The number of ether oxygens (including phenoxy) is 1. The van der Waals surface area contributed by atoms with E-state index in [0.29, 0.717) is 24.5 Å². The van der Waals surface area contributed by atoms with Crippen molar-refractivity contribution in [1.29, 1.82) is 0 Å². The summed E-state index contributed by atoms with van der Waals surface area (Å²) >= 11 is 3.55. The van der Waals surface area contributed by atoms with E-state index in [-0.39, 0.29) is 11.6 Å². The van der Waals surface area contributed by atoms with Gasteiger partial charge in [0, 0.05) is 40.9 Å². The third kappa shape index (κ3) is 4.15. The second-order valence-electron chi connectivity index (χ2n) is 5.52. The van der Waals surface area contributed by atoms with Gasteiger partial charge in [0.25, 0.3) is 11.6 Å². The lowest BCUT2D eigenvalue weighted by atomic mass is 10.2. The van der Waals surface area contributed by atoms with Crippen LogP contribution in [0.1, 0.15) is 10.4 Å². The molecule has 0 bridgehead atoms. The molecule has 0 spiro atoms. The predicted molar refractivity (Wildman–Crippen MR) is 98.2 cm³/mol. The van der Waals surface area contributed by atoms with Gasteiger partial charge in [-0.15, -0.1) is 0 Å². The van der Waals surface area contributed by atoms with Gasteiger partial charge in [0.15, 0.2) is 0 Å². The molecule has 3 rings (SSSR count). The minimum atomic E-state index is -0.497. The molecule has 1 heterocycles. The van der Waals surface area contributed by atoms with Crippen molar-refractivity contribution in [3.63, 3.8) is 0 Å². The van der Waals surface area contributed by atoms with Crippen molar-refractivity contribution >= 4 is 38.9 Å². The second kappa shape index (κ2) is 7.62. The maximum absolute atomic E-state index is 12.3. The van der Waals surface area contributed by atoms with E-state index in [0.717, 1.165) is 23.2 Å². The van der Waals surface area contributed by atoms with E-state index in [9.17, 15) is 14.9 Å². The van der Waals surface area contributed by atoms with E-state index in [2.05, 4.69) is 26.1 Å². The molecule has 1 fully saturated rings. The molecular formula is C17H16BrN3O4. The molecular weight excluding hydrogens is 390 g/mol. The summed E-state index contributed by atoms with van der Waals surface area (Å²) in [4.78, 5) is 24.7. The van der Waals surface area contributed by atoms with Gasteiger partial charge in [0.05, 0.1) is 23.8 Å². The monoisotopic (exact) mass is 405 g/mol.